The smallest absolute Gasteiger partial charge is 0.333 e. The van der Waals surface area contributed by atoms with E-state index in [1.165, 1.54) is 0 Å². The van der Waals surface area contributed by atoms with Crippen LogP contribution in [0.2, 0.25) is 17.1 Å². The summed E-state index contributed by atoms with van der Waals surface area (Å²) in [7, 11) is 0.0884. The highest BCUT2D eigenvalue weighted by Crippen LogP contribution is 2.37. The summed E-state index contributed by atoms with van der Waals surface area (Å²) < 4.78 is 11.0. The molecule has 0 aliphatic rings. The molecule has 0 amide bonds. The van der Waals surface area contributed by atoms with Gasteiger partial charge in [-0.3, -0.25) is 0 Å². The minimum atomic E-state index is -1.74. The van der Waals surface area contributed by atoms with Crippen molar-refractivity contribution in [1.29, 1.82) is 0 Å². The molecule has 0 aromatic carbocycles. The van der Waals surface area contributed by atoms with E-state index in [0.29, 0.717) is 23.3 Å². The SMILES string of the molecule is C=C(C)C(=O)OCCC[Si](OC)(C(C)C)C(C)C. The van der Waals surface area contributed by atoms with E-state index in [1.54, 1.807) is 6.92 Å². The lowest BCUT2D eigenvalue weighted by Gasteiger charge is -2.37. The van der Waals surface area contributed by atoms with Gasteiger partial charge in [0.2, 0.25) is 0 Å². The Morgan fingerprint density at radius 2 is 1.72 bits per heavy atom. The molecule has 106 valence electrons. The minimum absolute atomic E-state index is 0.297. The van der Waals surface area contributed by atoms with Gasteiger partial charge in [0.05, 0.1) is 6.61 Å². The normalized spacial score (nSPS) is 12.0. The van der Waals surface area contributed by atoms with Crippen LogP contribution in [0.25, 0.3) is 0 Å². The van der Waals surface area contributed by atoms with E-state index in [-0.39, 0.29) is 5.97 Å². The number of rotatable bonds is 8. The van der Waals surface area contributed by atoms with Gasteiger partial charge in [-0.1, -0.05) is 34.3 Å². The summed E-state index contributed by atoms with van der Waals surface area (Å²) in [5.41, 5.74) is 1.59. The van der Waals surface area contributed by atoms with Gasteiger partial charge >= 0.3 is 5.97 Å². The molecule has 0 N–H and O–H groups in total. The Labute approximate surface area is 113 Å². The monoisotopic (exact) mass is 272 g/mol. The summed E-state index contributed by atoms with van der Waals surface area (Å²) in [6, 6.07) is 1.03. The quantitative estimate of drug-likeness (QED) is 0.291. The summed E-state index contributed by atoms with van der Waals surface area (Å²) in [4.78, 5) is 11.3. The lowest BCUT2D eigenvalue weighted by Crippen LogP contribution is -2.43. The van der Waals surface area contributed by atoms with Crippen molar-refractivity contribution in [2.24, 2.45) is 0 Å². The summed E-state index contributed by atoms with van der Waals surface area (Å²) in [5.74, 6) is -0.297. The van der Waals surface area contributed by atoms with E-state index in [0.717, 1.165) is 12.5 Å². The molecule has 0 aromatic heterocycles. The Kier molecular flexibility index (Phi) is 7.48. The maximum absolute atomic E-state index is 11.3. The molecule has 0 heterocycles. The van der Waals surface area contributed by atoms with Crippen LogP contribution in [0.1, 0.15) is 41.0 Å². The Bertz CT molecular complexity index is 277. The zero-order chi connectivity index (χ0) is 14.3. The van der Waals surface area contributed by atoms with Crippen molar-refractivity contribution in [2.75, 3.05) is 13.7 Å². The van der Waals surface area contributed by atoms with Crippen LogP contribution in [0, 0.1) is 0 Å². The zero-order valence-corrected chi connectivity index (χ0v) is 13.7. The van der Waals surface area contributed by atoms with Crippen LogP contribution < -0.4 is 0 Å². The summed E-state index contributed by atoms with van der Waals surface area (Å²) in [6.07, 6.45) is 0.870. The second kappa shape index (κ2) is 7.74. The number of ether oxygens (including phenoxy) is 1. The minimum Gasteiger partial charge on any atom is -0.462 e. The predicted octanol–water partition coefficient (Wildman–Crippen LogP) is 3.91. The zero-order valence-electron chi connectivity index (χ0n) is 12.7. The van der Waals surface area contributed by atoms with E-state index in [9.17, 15) is 4.79 Å². The van der Waals surface area contributed by atoms with Crippen LogP contribution in [0.15, 0.2) is 12.2 Å². The molecule has 0 saturated heterocycles. The maximum Gasteiger partial charge on any atom is 0.333 e. The number of carbonyl (C=O) groups is 1. The van der Waals surface area contributed by atoms with E-state index in [4.69, 9.17) is 9.16 Å². The molecule has 0 rings (SSSR count). The molecule has 4 heteroatoms. The lowest BCUT2D eigenvalue weighted by molar-refractivity contribution is -0.138. The second-order valence-corrected chi connectivity index (χ2v) is 10.6. The molecular weight excluding hydrogens is 244 g/mol. The van der Waals surface area contributed by atoms with Gasteiger partial charge in [-0.2, -0.15) is 0 Å². The van der Waals surface area contributed by atoms with E-state index in [1.807, 2.05) is 7.11 Å². The molecule has 0 fully saturated rings. The third-order valence-electron chi connectivity index (χ3n) is 3.63. The first kappa shape index (κ1) is 17.4. The lowest BCUT2D eigenvalue weighted by atomic mass is 10.4. The number of hydrogen-bond donors (Lipinski definition) is 0. The van der Waals surface area contributed by atoms with Gasteiger partial charge in [0.1, 0.15) is 0 Å². The van der Waals surface area contributed by atoms with Crippen LogP contribution in [-0.4, -0.2) is 28.0 Å². The van der Waals surface area contributed by atoms with Crippen LogP contribution in [0.3, 0.4) is 0 Å². The molecular formula is C14H28O3Si. The standard InChI is InChI=1S/C14H28O3Si/c1-11(2)14(15)17-9-8-10-18(16-7,12(3)4)13(5)6/h12-13H,1,8-10H2,2-7H3. The van der Waals surface area contributed by atoms with Crippen molar-refractivity contribution in [3.8, 4) is 0 Å². The Morgan fingerprint density at radius 3 is 2.06 bits per heavy atom. The highest BCUT2D eigenvalue weighted by Gasteiger charge is 2.40. The summed E-state index contributed by atoms with van der Waals surface area (Å²) >= 11 is 0. The molecule has 3 nitrogen and oxygen atoms in total. The first-order chi connectivity index (χ1) is 8.27. The highest BCUT2D eigenvalue weighted by molar-refractivity contribution is 6.76. The molecule has 0 aromatic rings. The summed E-state index contributed by atoms with van der Waals surface area (Å²) in [6.45, 7) is 14.6. The topological polar surface area (TPSA) is 35.5 Å². The molecule has 0 unspecified atom stereocenters. The molecule has 0 bridgehead atoms. The average Bonchev–Trinajstić information content (AvgIpc) is 2.27. The Hall–Kier alpha value is -0.613. The Morgan fingerprint density at radius 1 is 1.22 bits per heavy atom. The first-order valence-corrected chi connectivity index (χ1v) is 8.92. The van der Waals surface area contributed by atoms with Crippen LogP contribution in [0.4, 0.5) is 0 Å². The molecule has 0 spiro atoms. The van der Waals surface area contributed by atoms with Crippen molar-refractivity contribution < 1.29 is 14.0 Å². The molecule has 0 atom stereocenters. The fraction of sp³-hybridized carbons (Fsp3) is 0.786. The van der Waals surface area contributed by atoms with Crippen LogP contribution >= 0.6 is 0 Å². The molecule has 0 saturated carbocycles. The van der Waals surface area contributed by atoms with Gasteiger partial charge < -0.3 is 9.16 Å². The number of carbonyl (C=O) groups excluding carboxylic acids is 1. The van der Waals surface area contributed by atoms with Gasteiger partial charge in [-0.05, 0) is 30.5 Å². The molecule has 0 aliphatic heterocycles. The predicted molar refractivity (Wildman–Crippen MR) is 78.2 cm³/mol. The van der Waals surface area contributed by atoms with Crippen molar-refractivity contribution in [2.45, 2.75) is 58.2 Å². The second-order valence-electron chi connectivity index (χ2n) is 5.49. The maximum atomic E-state index is 11.3. The van der Waals surface area contributed by atoms with Crippen molar-refractivity contribution in [3.63, 3.8) is 0 Å². The van der Waals surface area contributed by atoms with Crippen molar-refractivity contribution in [1.82, 2.24) is 0 Å². The van der Waals surface area contributed by atoms with Crippen molar-refractivity contribution in [3.05, 3.63) is 12.2 Å². The van der Waals surface area contributed by atoms with Gasteiger partial charge in [0.25, 0.3) is 0 Å². The molecule has 18 heavy (non-hydrogen) atoms. The Balaban J connectivity index is 4.30. The highest BCUT2D eigenvalue weighted by atomic mass is 28.4. The first-order valence-electron chi connectivity index (χ1n) is 6.65. The third-order valence-corrected chi connectivity index (χ3v) is 9.43. The van der Waals surface area contributed by atoms with Crippen LogP contribution in [-0.2, 0) is 14.0 Å². The van der Waals surface area contributed by atoms with Gasteiger partial charge in [0.15, 0.2) is 8.32 Å². The van der Waals surface area contributed by atoms with Gasteiger partial charge in [0, 0.05) is 12.7 Å². The van der Waals surface area contributed by atoms with Gasteiger partial charge in [-0.25, -0.2) is 4.79 Å². The average molecular weight is 272 g/mol. The fourth-order valence-corrected chi connectivity index (χ4v) is 6.79. The van der Waals surface area contributed by atoms with Crippen LogP contribution in [0.5, 0.6) is 0 Å². The van der Waals surface area contributed by atoms with E-state index in [2.05, 4.69) is 34.3 Å². The largest absolute Gasteiger partial charge is 0.462 e. The molecule has 0 radical (unpaired) electrons. The molecule has 0 aliphatic carbocycles. The van der Waals surface area contributed by atoms with E-state index >= 15 is 0 Å². The van der Waals surface area contributed by atoms with Gasteiger partial charge in [-0.15, -0.1) is 0 Å². The van der Waals surface area contributed by atoms with E-state index < -0.39 is 8.32 Å². The number of esters is 1. The summed E-state index contributed by atoms with van der Waals surface area (Å²) in [5, 5.41) is 0. The number of hydrogen-bond acceptors (Lipinski definition) is 3. The third kappa shape index (κ3) is 4.57. The van der Waals surface area contributed by atoms with Crippen molar-refractivity contribution >= 4 is 14.3 Å². The fourth-order valence-electron chi connectivity index (χ4n) is 2.45.